The molecule has 162 valence electrons. The molecule has 0 bridgehead atoms. The zero-order chi connectivity index (χ0) is 21.9. The number of aliphatic hydroxyl groups is 1. The molecule has 7 nitrogen and oxygen atoms in total. The highest BCUT2D eigenvalue weighted by atomic mass is 16.6. The normalized spacial score (nSPS) is 18.2. The van der Waals surface area contributed by atoms with Crippen molar-refractivity contribution in [3.05, 3.63) is 59.7 Å². The van der Waals surface area contributed by atoms with Crippen molar-refractivity contribution >= 4 is 6.09 Å². The lowest BCUT2D eigenvalue weighted by atomic mass is 9.92. The van der Waals surface area contributed by atoms with Gasteiger partial charge < -0.3 is 24.1 Å². The van der Waals surface area contributed by atoms with Gasteiger partial charge in [-0.1, -0.05) is 24.3 Å². The van der Waals surface area contributed by atoms with E-state index in [1.165, 1.54) is 4.90 Å². The summed E-state index contributed by atoms with van der Waals surface area (Å²) in [4.78, 5) is 14.8. The molecule has 0 radical (unpaired) electrons. The van der Waals surface area contributed by atoms with Crippen LogP contribution < -0.4 is 9.47 Å². The molecule has 1 heterocycles. The van der Waals surface area contributed by atoms with Crippen molar-refractivity contribution in [3.63, 3.8) is 0 Å². The first-order valence-electron chi connectivity index (χ1n) is 9.81. The topological polar surface area (TPSA) is 77.5 Å². The smallest absolute Gasteiger partial charge is 0.413 e. The fourth-order valence-electron chi connectivity index (χ4n) is 3.59. The number of benzene rings is 2. The summed E-state index contributed by atoms with van der Waals surface area (Å²) in [7, 11) is 3.18. The lowest BCUT2D eigenvalue weighted by Gasteiger charge is -2.40. The first-order valence-corrected chi connectivity index (χ1v) is 9.81. The van der Waals surface area contributed by atoms with Crippen LogP contribution in [0.15, 0.2) is 48.5 Å². The van der Waals surface area contributed by atoms with Crippen LogP contribution in [-0.2, 0) is 15.2 Å². The average molecular weight is 415 g/mol. The molecule has 0 saturated carbocycles. The Morgan fingerprint density at radius 3 is 1.87 bits per heavy atom. The Balaban J connectivity index is 2.18. The Labute approximate surface area is 177 Å². The number of carbonyl (C=O) groups excluding carboxylic acids is 1. The van der Waals surface area contributed by atoms with Crippen LogP contribution in [0, 0.1) is 0 Å². The van der Waals surface area contributed by atoms with Gasteiger partial charge in [0, 0.05) is 11.1 Å². The molecular formula is C23H29NO6. The summed E-state index contributed by atoms with van der Waals surface area (Å²) >= 11 is 0. The Hall–Kier alpha value is -2.77. The van der Waals surface area contributed by atoms with Crippen LogP contribution in [-0.4, -0.2) is 55.2 Å². The van der Waals surface area contributed by atoms with Crippen molar-refractivity contribution in [1.29, 1.82) is 0 Å². The van der Waals surface area contributed by atoms with E-state index in [1.54, 1.807) is 35.0 Å². The van der Waals surface area contributed by atoms with E-state index in [1.807, 2.05) is 48.5 Å². The maximum absolute atomic E-state index is 13.3. The molecule has 1 N–H and O–H groups in total. The molecule has 0 spiro atoms. The SMILES string of the molecule is COc1ccc(C2(c3ccc(OC)cc3)OCC(CO)N2C(=O)OC(C)(C)C)cc1. The van der Waals surface area contributed by atoms with Gasteiger partial charge in [0.15, 0.2) is 5.72 Å². The number of hydrogen-bond acceptors (Lipinski definition) is 6. The predicted molar refractivity (Wildman–Crippen MR) is 112 cm³/mol. The fraction of sp³-hybridized carbons (Fsp3) is 0.435. The van der Waals surface area contributed by atoms with Crippen molar-refractivity contribution in [2.45, 2.75) is 38.1 Å². The zero-order valence-electron chi connectivity index (χ0n) is 18.0. The molecular weight excluding hydrogens is 386 g/mol. The number of aliphatic hydroxyl groups excluding tert-OH is 1. The van der Waals surface area contributed by atoms with Crippen molar-refractivity contribution in [1.82, 2.24) is 4.90 Å². The Bertz CT molecular complexity index is 809. The third-order valence-corrected chi connectivity index (χ3v) is 4.95. The predicted octanol–water partition coefficient (Wildman–Crippen LogP) is 3.53. The van der Waals surface area contributed by atoms with Gasteiger partial charge in [-0.15, -0.1) is 0 Å². The summed E-state index contributed by atoms with van der Waals surface area (Å²) in [5.41, 5.74) is -0.537. The molecule has 1 unspecified atom stereocenters. The standard InChI is InChI=1S/C23H29NO6/c1-22(2,3)30-21(26)24-18(14-25)15-29-23(24,16-6-10-19(27-4)11-7-16)17-8-12-20(28-5)13-9-17/h6-13,18,25H,14-15H2,1-5H3. The van der Waals surface area contributed by atoms with Crippen LogP contribution in [0.3, 0.4) is 0 Å². The van der Waals surface area contributed by atoms with Gasteiger partial charge in [-0.3, -0.25) is 4.90 Å². The van der Waals surface area contributed by atoms with Crippen molar-refractivity contribution in [2.75, 3.05) is 27.4 Å². The van der Waals surface area contributed by atoms with Crippen molar-refractivity contribution in [2.24, 2.45) is 0 Å². The van der Waals surface area contributed by atoms with E-state index in [0.717, 1.165) is 11.1 Å². The second kappa shape index (κ2) is 8.53. The molecule has 0 aromatic heterocycles. The quantitative estimate of drug-likeness (QED) is 0.805. The van der Waals surface area contributed by atoms with Crippen molar-refractivity contribution in [3.8, 4) is 11.5 Å². The first kappa shape index (κ1) is 21.9. The van der Waals surface area contributed by atoms with Crippen LogP contribution in [0.1, 0.15) is 31.9 Å². The molecule has 3 rings (SSSR count). The number of carbonyl (C=O) groups is 1. The Morgan fingerprint density at radius 1 is 1.03 bits per heavy atom. The molecule has 7 heteroatoms. The Morgan fingerprint density at radius 2 is 1.50 bits per heavy atom. The summed E-state index contributed by atoms with van der Waals surface area (Å²) in [6, 6.07) is 14.1. The van der Waals surface area contributed by atoms with Gasteiger partial charge in [0.25, 0.3) is 0 Å². The van der Waals surface area contributed by atoms with Gasteiger partial charge in [0.05, 0.1) is 33.5 Å². The molecule has 1 fully saturated rings. The lowest BCUT2D eigenvalue weighted by molar-refractivity contribution is -0.0664. The third kappa shape index (κ3) is 4.08. The van der Waals surface area contributed by atoms with E-state index in [-0.39, 0.29) is 13.2 Å². The molecule has 2 aromatic carbocycles. The molecule has 0 aliphatic carbocycles. The van der Waals surface area contributed by atoms with Gasteiger partial charge in [-0.2, -0.15) is 0 Å². The highest BCUT2D eigenvalue weighted by Gasteiger charge is 2.54. The number of rotatable bonds is 5. The average Bonchev–Trinajstić information content (AvgIpc) is 3.13. The molecule has 1 amide bonds. The molecule has 1 aliphatic rings. The van der Waals surface area contributed by atoms with Crippen LogP contribution in [0.2, 0.25) is 0 Å². The lowest BCUT2D eigenvalue weighted by Crippen LogP contribution is -2.52. The summed E-state index contributed by atoms with van der Waals surface area (Å²) in [6.07, 6.45) is -0.564. The number of methoxy groups -OCH3 is 2. The first-order chi connectivity index (χ1) is 14.2. The van der Waals surface area contributed by atoms with Gasteiger partial charge in [0.1, 0.15) is 17.1 Å². The molecule has 1 saturated heterocycles. The largest absolute Gasteiger partial charge is 0.497 e. The minimum Gasteiger partial charge on any atom is -0.497 e. The van der Waals surface area contributed by atoms with Crippen LogP contribution in [0.25, 0.3) is 0 Å². The van der Waals surface area contributed by atoms with E-state index in [2.05, 4.69) is 0 Å². The highest BCUT2D eigenvalue weighted by Crippen LogP contribution is 2.44. The van der Waals surface area contributed by atoms with Crippen molar-refractivity contribution < 1.29 is 28.8 Å². The van der Waals surface area contributed by atoms with Gasteiger partial charge in [0.2, 0.25) is 0 Å². The monoisotopic (exact) mass is 415 g/mol. The summed E-state index contributed by atoms with van der Waals surface area (Å²) in [5.74, 6) is 1.37. The summed E-state index contributed by atoms with van der Waals surface area (Å²) in [6.45, 7) is 5.32. The van der Waals surface area contributed by atoms with E-state index >= 15 is 0 Å². The van der Waals surface area contributed by atoms with E-state index in [9.17, 15) is 9.90 Å². The maximum Gasteiger partial charge on any atom is 0.413 e. The minimum absolute atomic E-state index is 0.161. The van der Waals surface area contributed by atoms with E-state index in [0.29, 0.717) is 11.5 Å². The maximum atomic E-state index is 13.3. The fourth-order valence-corrected chi connectivity index (χ4v) is 3.59. The van der Waals surface area contributed by atoms with E-state index in [4.69, 9.17) is 18.9 Å². The third-order valence-electron chi connectivity index (χ3n) is 4.95. The van der Waals surface area contributed by atoms with Crippen LogP contribution in [0.4, 0.5) is 4.79 Å². The molecule has 1 atom stereocenters. The zero-order valence-corrected chi connectivity index (χ0v) is 18.0. The van der Waals surface area contributed by atoms with E-state index < -0.39 is 23.5 Å². The van der Waals surface area contributed by atoms with Gasteiger partial charge in [-0.05, 0) is 45.0 Å². The van der Waals surface area contributed by atoms with Crippen LogP contribution in [0.5, 0.6) is 11.5 Å². The second-order valence-corrected chi connectivity index (χ2v) is 8.10. The Kier molecular flexibility index (Phi) is 6.24. The number of ether oxygens (including phenoxy) is 4. The summed E-state index contributed by atoms with van der Waals surface area (Å²) < 4.78 is 22.5. The number of amides is 1. The minimum atomic E-state index is -1.27. The molecule has 1 aliphatic heterocycles. The molecule has 30 heavy (non-hydrogen) atoms. The highest BCUT2D eigenvalue weighted by molar-refractivity contribution is 5.71. The van der Waals surface area contributed by atoms with Gasteiger partial charge >= 0.3 is 6.09 Å². The molecule has 2 aromatic rings. The summed E-state index contributed by atoms with van der Waals surface area (Å²) in [5, 5.41) is 10.0. The van der Waals surface area contributed by atoms with Crippen LogP contribution >= 0.6 is 0 Å². The number of nitrogens with zero attached hydrogens (tertiary/aromatic N) is 1. The van der Waals surface area contributed by atoms with Gasteiger partial charge in [-0.25, -0.2) is 4.79 Å². The number of hydrogen-bond donors (Lipinski definition) is 1. The second-order valence-electron chi connectivity index (χ2n) is 8.10.